The zero-order valence-electron chi connectivity index (χ0n) is 12.3. The summed E-state index contributed by atoms with van der Waals surface area (Å²) < 4.78 is 5.71. The van der Waals surface area contributed by atoms with Crippen molar-refractivity contribution in [2.24, 2.45) is 0 Å². The molecule has 2 nitrogen and oxygen atoms in total. The van der Waals surface area contributed by atoms with E-state index < -0.39 is 0 Å². The summed E-state index contributed by atoms with van der Waals surface area (Å²) in [7, 11) is 0. The van der Waals surface area contributed by atoms with E-state index >= 15 is 0 Å². The highest BCUT2D eigenvalue weighted by Gasteiger charge is 2.10. The van der Waals surface area contributed by atoms with Crippen LogP contribution in [0.5, 0.6) is 5.75 Å². The van der Waals surface area contributed by atoms with Crippen LogP contribution < -0.4 is 10.1 Å². The van der Waals surface area contributed by atoms with Gasteiger partial charge in [-0.2, -0.15) is 0 Å². The van der Waals surface area contributed by atoms with Crippen molar-refractivity contribution in [2.45, 2.75) is 59.4 Å². The van der Waals surface area contributed by atoms with Crippen molar-refractivity contribution in [3.05, 3.63) is 23.8 Å². The number of nitrogens with one attached hydrogen (secondary N) is 1. The van der Waals surface area contributed by atoms with Crippen LogP contribution >= 0.6 is 0 Å². The van der Waals surface area contributed by atoms with Crippen molar-refractivity contribution in [1.29, 1.82) is 0 Å². The van der Waals surface area contributed by atoms with Gasteiger partial charge in [0.05, 0.1) is 12.3 Å². The summed E-state index contributed by atoms with van der Waals surface area (Å²) >= 11 is 0. The smallest absolute Gasteiger partial charge is 0.142 e. The molecule has 0 aliphatic heterocycles. The average molecular weight is 249 g/mol. The number of aryl methyl sites for hydroxylation is 1. The van der Waals surface area contributed by atoms with Gasteiger partial charge in [-0.15, -0.1) is 0 Å². The van der Waals surface area contributed by atoms with E-state index in [2.05, 4.69) is 44.3 Å². The average Bonchev–Trinajstić information content (AvgIpc) is 2.33. The van der Waals surface area contributed by atoms with Crippen LogP contribution in [0.15, 0.2) is 18.2 Å². The van der Waals surface area contributed by atoms with Crippen molar-refractivity contribution in [2.75, 3.05) is 11.9 Å². The second kappa shape index (κ2) is 8.02. The maximum atomic E-state index is 5.71. The zero-order valence-corrected chi connectivity index (χ0v) is 12.3. The Labute approximate surface area is 112 Å². The van der Waals surface area contributed by atoms with Gasteiger partial charge in [0.15, 0.2) is 0 Å². The van der Waals surface area contributed by atoms with Gasteiger partial charge in [-0.25, -0.2) is 0 Å². The Morgan fingerprint density at radius 1 is 1.11 bits per heavy atom. The predicted octanol–water partition coefficient (Wildman–Crippen LogP) is 4.77. The Kier molecular flexibility index (Phi) is 6.63. The van der Waals surface area contributed by atoms with Crippen molar-refractivity contribution in [3.63, 3.8) is 0 Å². The van der Waals surface area contributed by atoms with Gasteiger partial charge in [-0.05, 0) is 44.4 Å². The lowest BCUT2D eigenvalue weighted by Gasteiger charge is -2.21. The fourth-order valence-electron chi connectivity index (χ4n) is 2.23. The zero-order chi connectivity index (χ0) is 13.4. The van der Waals surface area contributed by atoms with Gasteiger partial charge < -0.3 is 10.1 Å². The molecule has 0 unspecified atom stereocenters. The molecule has 0 aliphatic rings. The molecule has 0 atom stereocenters. The number of ether oxygens (including phenoxy) is 1. The first-order valence-corrected chi connectivity index (χ1v) is 7.21. The van der Waals surface area contributed by atoms with Crippen LogP contribution in [0.25, 0.3) is 0 Å². The first kappa shape index (κ1) is 14.9. The van der Waals surface area contributed by atoms with E-state index in [9.17, 15) is 0 Å². The molecule has 0 saturated carbocycles. The van der Waals surface area contributed by atoms with Crippen molar-refractivity contribution in [3.8, 4) is 5.75 Å². The Balaban J connectivity index is 2.79. The van der Waals surface area contributed by atoms with Crippen LogP contribution in [0.2, 0.25) is 0 Å². The van der Waals surface area contributed by atoms with Gasteiger partial charge in [0.1, 0.15) is 5.75 Å². The number of rotatable bonds is 8. The molecule has 2 heteroatoms. The minimum Gasteiger partial charge on any atom is -0.492 e. The largest absolute Gasteiger partial charge is 0.492 e. The minimum absolute atomic E-state index is 0.557. The van der Waals surface area contributed by atoms with Gasteiger partial charge in [-0.3, -0.25) is 0 Å². The first-order chi connectivity index (χ1) is 8.71. The highest BCUT2D eigenvalue weighted by atomic mass is 16.5. The summed E-state index contributed by atoms with van der Waals surface area (Å²) in [5.41, 5.74) is 2.38. The van der Waals surface area contributed by atoms with Crippen LogP contribution in [0.1, 0.15) is 52.0 Å². The highest BCUT2D eigenvalue weighted by molar-refractivity contribution is 5.58. The molecule has 0 fully saturated rings. The molecule has 1 N–H and O–H groups in total. The van der Waals surface area contributed by atoms with Crippen LogP contribution in [0, 0.1) is 6.92 Å². The molecule has 0 aromatic heterocycles. The van der Waals surface area contributed by atoms with Gasteiger partial charge in [0.25, 0.3) is 0 Å². The van der Waals surface area contributed by atoms with E-state index in [1.807, 2.05) is 6.92 Å². The van der Waals surface area contributed by atoms with Crippen LogP contribution in [-0.4, -0.2) is 12.6 Å². The van der Waals surface area contributed by atoms with Gasteiger partial charge in [0.2, 0.25) is 0 Å². The Hall–Kier alpha value is -1.18. The maximum Gasteiger partial charge on any atom is 0.142 e. The molecule has 1 rings (SSSR count). The molecule has 1 aromatic carbocycles. The molecule has 0 amide bonds. The monoisotopic (exact) mass is 249 g/mol. The third-order valence-electron chi connectivity index (χ3n) is 3.07. The standard InChI is InChI=1S/C16H27NO/c1-5-8-14(9-6-2)17-15-11-10-13(4)12-16(15)18-7-3/h10-12,14,17H,5-9H2,1-4H3. The van der Waals surface area contributed by atoms with E-state index in [1.165, 1.54) is 31.2 Å². The highest BCUT2D eigenvalue weighted by Crippen LogP contribution is 2.27. The summed E-state index contributed by atoms with van der Waals surface area (Å²) in [5.74, 6) is 0.981. The summed E-state index contributed by atoms with van der Waals surface area (Å²) in [6.07, 6.45) is 4.86. The fraction of sp³-hybridized carbons (Fsp3) is 0.625. The summed E-state index contributed by atoms with van der Waals surface area (Å²) in [5, 5.41) is 3.64. The third kappa shape index (κ3) is 4.59. The summed E-state index contributed by atoms with van der Waals surface area (Å²) in [6, 6.07) is 6.95. The molecular formula is C16H27NO. The molecule has 0 radical (unpaired) electrons. The Bertz CT molecular complexity index is 343. The van der Waals surface area contributed by atoms with E-state index in [0.717, 1.165) is 11.4 Å². The van der Waals surface area contributed by atoms with Crippen LogP contribution in [0.3, 0.4) is 0 Å². The topological polar surface area (TPSA) is 21.3 Å². The lowest BCUT2D eigenvalue weighted by Crippen LogP contribution is -2.19. The van der Waals surface area contributed by atoms with E-state index in [1.54, 1.807) is 0 Å². The molecule has 0 spiro atoms. The lowest BCUT2D eigenvalue weighted by atomic mass is 10.1. The normalized spacial score (nSPS) is 10.7. The van der Waals surface area contributed by atoms with Crippen LogP contribution in [0.4, 0.5) is 5.69 Å². The molecule has 0 bridgehead atoms. The number of anilines is 1. The molecule has 0 aliphatic carbocycles. The number of benzene rings is 1. The molecule has 0 heterocycles. The van der Waals surface area contributed by atoms with Crippen molar-refractivity contribution in [1.82, 2.24) is 0 Å². The second-order valence-electron chi connectivity index (χ2n) is 4.85. The van der Waals surface area contributed by atoms with Crippen molar-refractivity contribution >= 4 is 5.69 Å². The predicted molar refractivity (Wildman–Crippen MR) is 79.6 cm³/mol. The fourth-order valence-corrected chi connectivity index (χ4v) is 2.23. The molecule has 102 valence electrons. The Morgan fingerprint density at radius 2 is 1.78 bits per heavy atom. The molecule has 1 aromatic rings. The quantitative estimate of drug-likeness (QED) is 0.716. The van der Waals surface area contributed by atoms with E-state index in [4.69, 9.17) is 4.74 Å². The lowest BCUT2D eigenvalue weighted by molar-refractivity contribution is 0.341. The van der Waals surface area contributed by atoms with Crippen molar-refractivity contribution < 1.29 is 4.74 Å². The first-order valence-electron chi connectivity index (χ1n) is 7.21. The van der Waals surface area contributed by atoms with Gasteiger partial charge >= 0.3 is 0 Å². The number of hydrogen-bond acceptors (Lipinski definition) is 2. The minimum atomic E-state index is 0.557. The summed E-state index contributed by atoms with van der Waals surface area (Å²) in [4.78, 5) is 0. The van der Waals surface area contributed by atoms with E-state index in [-0.39, 0.29) is 0 Å². The molecule has 0 saturated heterocycles. The van der Waals surface area contributed by atoms with Gasteiger partial charge in [0, 0.05) is 6.04 Å². The SMILES string of the molecule is CCCC(CCC)Nc1ccc(C)cc1OCC. The number of hydrogen-bond donors (Lipinski definition) is 1. The molecular weight excluding hydrogens is 222 g/mol. The van der Waals surface area contributed by atoms with Gasteiger partial charge in [-0.1, -0.05) is 32.8 Å². The Morgan fingerprint density at radius 3 is 2.33 bits per heavy atom. The third-order valence-corrected chi connectivity index (χ3v) is 3.07. The van der Waals surface area contributed by atoms with E-state index in [0.29, 0.717) is 12.6 Å². The molecule has 18 heavy (non-hydrogen) atoms. The van der Waals surface area contributed by atoms with Crippen LogP contribution in [-0.2, 0) is 0 Å². The summed E-state index contributed by atoms with van der Waals surface area (Å²) in [6.45, 7) is 9.32. The maximum absolute atomic E-state index is 5.71. The second-order valence-corrected chi connectivity index (χ2v) is 4.85.